The fraction of sp³-hybridized carbons (Fsp3) is 0.143. The predicted molar refractivity (Wildman–Crippen MR) is 104 cm³/mol. The number of halogens is 2. The Kier molecular flexibility index (Phi) is 5.65. The van der Waals surface area contributed by atoms with E-state index >= 15 is 0 Å². The zero-order valence-electron chi connectivity index (χ0n) is 15.3. The second-order valence-corrected chi connectivity index (χ2v) is 7.91. The van der Waals surface area contributed by atoms with Gasteiger partial charge in [-0.15, -0.1) is 0 Å². The second-order valence-electron chi connectivity index (χ2n) is 6.13. The molecular weight excluding hydrogens is 384 g/mol. The summed E-state index contributed by atoms with van der Waals surface area (Å²) in [4.78, 5) is -0.485. The largest absolute Gasteiger partial charge is 0.496 e. The van der Waals surface area contributed by atoms with E-state index < -0.39 is 32.6 Å². The van der Waals surface area contributed by atoms with Crippen LogP contribution in [0.2, 0.25) is 0 Å². The van der Waals surface area contributed by atoms with Crippen LogP contribution in [0.5, 0.6) is 5.75 Å². The summed E-state index contributed by atoms with van der Waals surface area (Å²) in [7, 11) is -2.86. The summed E-state index contributed by atoms with van der Waals surface area (Å²) in [5.41, 5.74) is 0.649. The van der Waals surface area contributed by atoms with E-state index in [0.717, 1.165) is 16.4 Å². The smallest absolute Gasteiger partial charge is 0.267 e. The van der Waals surface area contributed by atoms with E-state index in [1.807, 2.05) is 0 Å². The van der Waals surface area contributed by atoms with Crippen molar-refractivity contribution in [3.8, 4) is 5.75 Å². The Hall–Kier alpha value is -2.93. The van der Waals surface area contributed by atoms with Crippen LogP contribution in [0.3, 0.4) is 0 Å². The molecule has 7 heteroatoms. The number of sulfonamides is 1. The number of hydrogen-bond acceptors (Lipinski definition) is 3. The number of hydrogen-bond donors (Lipinski definition) is 0. The van der Waals surface area contributed by atoms with Crippen molar-refractivity contribution >= 4 is 15.7 Å². The van der Waals surface area contributed by atoms with Gasteiger partial charge in [-0.25, -0.2) is 17.2 Å². The van der Waals surface area contributed by atoms with Crippen LogP contribution in [-0.4, -0.2) is 15.5 Å². The van der Waals surface area contributed by atoms with E-state index in [1.165, 1.54) is 43.5 Å². The third kappa shape index (κ3) is 3.71. The van der Waals surface area contributed by atoms with E-state index in [2.05, 4.69) is 0 Å². The van der Waals surface area contributed by atoms with E-state index in [9.17, 15) is 17.2 Å². The molecule has 0 saturated heterocycles. The fourth-order valence-electron chi connectivity index (χ4n) is 3.08. The van der Waals surface area contributed by atoms with Crippen molar-refractivity contribution in [3.05, 3.63) is 90.0 Å². The Balaban J connectivity index is 2.23. The van der Waals surface area contributed by atoms with Gasteiger partial charge in [0.1, 0.15) is 22.3 Å². The molecule has 3 aromatic carbocycles. The van der Waals surface area contributed by atoms with Crippen LogP contribution in [0.1, 0.15) is 18.5 Å². The van der Waals surface area contributed by atoms with Gasteiger partial charge < -0.3 is 4.74 Å². The summed E-state index contributed by atoms with van der Waals surface area (Å²) in [6.45, 7) is 1.64. The third-order valence-corrected chi connectivity index (χ3v) is 6.31. The standard InChI is InChI=1S/C21H19F2NO3S/c1-15(18-10-3-5-12-20(18)27-2)24(17-9-7-8-16(22)14-17)28(25,26)21-13-6-4-11-19(21)23/h3-15H,1-2H3/t15-/m1/s1. The molecule has 146 valence electrons. The van der Waals surface area contributed by atoms with Gasteiger partial charge in [-0.3, -0.25) is 4.31 Å². The summed E-state index contributed by atoms with van der Waals surface area (Å²) >= 11 is 0. The minimum Gasteiger partial charge on any atom is -0.496 e. The van der Waals surface area contributed by atoms with Crippen LogP contribution in [0.15, 0.2) is 77.7 Å². The first-order valence-corrected chi connectivity index (χ1v) is 9.97. The molecule has 4 nitrogen and oxygen atoms in total. The van der Waals surface area contributed by atoms with Crippen molar-refractivity contribution in [2.24, 2.45) is 0 Å². The molecule has 0 amide bonds. The third-order valence-electron chi connectivity index (χ3n) is 4.38. The number of ether oxygens (including phenoxy) is 1. The van der Waals surface area contributed by atoms with E-state index in [4.69, 9.17) is 4.74 Å². The molecule has 0 bridgehead atoms. The van der Waals surface area contributed by atoms with Crippen LogP contribution in [0.25, 0.3) is 0 Å². The Labute approximate surface area is 163 Å². The van der Waals surface area contributed by atoms with Crippen molar-refractivity contribution in [1.82, 2.24) is 0 Å². The van der Waals surface area contributed by atoms with Crippen molar-refractivity contribution in [2.75, 3.05) is 11.4 Å². The van der Waals surface area contributed by atoms with Crippen LogP contribution < -0.4 is 9.04 Å². The molecule has 0 fully saturated rings. The molecule has 0 radical (unpaired) electrons. The topological polar surface area (TPSA) is 46.6 Å². The van der Waals surface area contributed by atoms with Gasteiger partial charge in [-0.2, -0.15) is 0 Å². The zero-order chi connectivity index (χ0) is 20.3. The first-order chi connectivity index (χ1) is 13.4. The van der Waals surface area contributed by atoms with Gasteiger partial charge in [-0.05, 0) is 43.3 Å². The predicted octanol–water partition coefficient (Wildman–Crippen LogP) is 4.93. The maximum Gasteiger partial charge on any atom is 0.267 e. The lowest BCUT2D eigenvalue weighted by Gasteiger charge is -2.31. The normalized spacial score (nSPS) is 12.4. The highest BCUT2D eigenvalue weighted by atomic mass is 32.2. The number of nitrogens with zero attached hydrogens (tertiary/aromatic N) is 1. The van der Waals surface area contributed by atoms with Crippen molar-refractivity contribution < 1.29 is 21.9 Å². The number of benzene rings is 3. The number of para-hydroxylation sites is 1. The highest BCUT2D eigenvalue weighted by Crippen LogP contribution is 2.37. The molecule has 0 N–H and O–H groups in total. The molecule has 0 unspecified atom stereocenters. The Morgan fingerprint density at radius 2 is 1.61 bits per heavy atom. The van der Waals surface area contributed by atoms with Crippen LogP contribution in [0, 0.1) is 11.6 Å². The minimum absolute atomic E-state index is 0.0849. The van der Waals surface area contributed by atoms with Crippen molar-refractivity contribution in [1.29, 1.82) is 0 Å². The number of rotatable bonds is 6. The summed E-state index contributed by atoms with van der Waals surface area (Å²) < 4.78 is 61.4. The molecule has 0 saturated carbocycles. The van der Waals surface area contributed by atoms with Gasteiger partial charge in [0.15, 0.2) is 0 Å². The summed E-state index contributed by atoms with van der Waals surface area (Å²) in [6, 6.07) is 16.4. The molecule has 0 spiro atoms. The van der Waals surface area contributed by atoms with Crippen LogP contribution in [-0.2, 0) is 10.0 Å². The monoisotopic (exact) mass is 403 g/mol. The number of methoxy groups -OCH3 is 1. The molecular formula is C21H19F2NO3S. The van der Waals surface area contributed by atoms with Gasteiger partial charge in [-0.1, -0.05) is 36.4 Å². The fourth-order valence-corrected chi connectivity index (χ4v) is 4.78. The van der Waals surface area contributed by atoms with Crippen molar-refractivity contribution in [3.63, 3.8) is 0 Å². The highest BCUT2D eigenvalue weighted by Gasteiger charge is 2.33. The van der Waals surface area contributed by atoms with Crippen molar-refractivity contribution in [2.45, 2.75) is 17.9 Å². The Morgan fingerprint density at radius 1 is 0.929 bits per heavy atom. The summed E-state index contributed by atoms with van der Waals surface area (Å²) in [6.07, 6.45) is 0. The van der Waals surface area contributed by atoms with Crippen LogP contribution >= 0.6 is 0 Å². The molecule has 0 aliphatic carbocycles. The lowest BCUT2D eigenvalue weighted by molar-refractivity contribution is 0.407. The lowest BCUT2D eigenvalue weighted by atomic mass is 10.1. The maximum atomic E-state index is 14.3. The Morgan fingerprint density at radius 3 is 2.29 bits per heavy atom. The molecule has 1 atom stereocenters. The molecule has 0 aromatic heterocycles. The van der Waals surface area contributed by atoms with Gasteiger partial charge in [0.25, 0.3) is 10.0 Å². The van der Waals surface area contributed by atoms with E-state index in [0.29, 0.717) is 11.3 Å². The zero-order valence-corrected chi connectivity index (χ0v) is 16.2. The van der Waals surface area contributed by atoms with E-state index in [1.54, 1.807) is 31.2 Å². The molecule has 3 aromatic rings. The quantitative estimate of drug-likeness (QED) is 0.586. The molecule has 0 aliphatic heterocycles. The van der Waals surface area contributed by atoms with Gasteiger partial charge in [0, 0.05) is 5.56 Å². The maximum absolute atomic E-state index is 14.3. The van der Waals surface area contributed by atoms with E-state index in [-0.39, 0.29) is 5.69 Å². The molecule has 0 aliphatic rings. The Bertz CT molecular complexity index is 1090. The first-order valence-electron chi connectivity index (χ1n) is 8.53. The highest BCUT2D eigenvalue weighted by molar-refractivity contribution is 7.92. The van der Waals surface area contributed by atoms with Crippen LogP contribution in [0.4, 0.5) is 14.5 Å². The molecule has 0 heterocycles. The summed E-state index contributed by atoms with van der Waals surface area (Å²) in [5, 5.41) is 0. The SMILES string of the molecule is COc1ccccc1[C@@H](C)N(c1cccc(F)c1)S(=O)(=O)c1ccccc1F. The number of anilines is 1. The van der Waals surface area contributed by atoms with Gasteiger partial charge in [0.2, 0.25) is 0 Å². The van der Waals surface area contributed by atoms with Gasteiger partial charge in [0.05, 0.1) is 18.8 Å². The lowest BCUT2D eigenvalue weighted by Crippen LogP contribution is -2.34. The second kappa shape index (κ2) is 7.98. The van der Waals surface area contributed by atoms with Gasteiger partial charge >= 0.3 is 0 Å². The molecule has 28 heavy (non-hydrogen) atoms. The molecule has 3 rings (SSSR count). The first kappa shape index (κ1) is 19.8. The summed E-state index contributed by atoms with van der Waals surface area (Å²) in [5.74, 6) is -1.00. The average Bonchev–Trinajstić information content (AvgIpc) is 2.68. The average molecular weight is 403 g/mol. The minimum atomic E-state index is -4.34.